The average molecular weight is 376 g/mol. The van der Waals surface area contributed by atoms with Crippen LogP contribution in [0.4, 0.5) is 0 Å². The maximum Gasteiger partial charge on any atom is 0.228 e. The number of hydrogen-bond donors (Lipinski definition) is 0. The summed E-state index contributed by atoms with van der Waals surface area (Å²) in [6, 6.07) is 19.6. The van der Waals surface area contributed by atoms with Crippen molar-refractivity contribution in [3.63, 3.8) is 0 Å². The standard InChI is InChI=1S/C27H22NO/c1-15-8-7-9-18-14-22-25-21(23(15)18)12-13-28(4)26(25)24-16(2)19-10-5-6-11-20(19)17(3)27(24)29-22/h5-14H,1-4H3/q+1. The van der Waals surface area contributed by atoms with E-state index >= 15 is 0 Å². The Bertz CT molecular complexity index is 1510. The molecule has 1 aliphatic rings. The lowest BCUT2D eigenvalue weighted by atomic mass is 9.88. The number of aromatic nitrogens is 1. The number of nitrogens with zero attached hydrogens (tertiary/aromatic N) is 1. The fourth-order valence-electron chi connectivity index (χ4n) is 5.15. The quantitative estimate of drug-likeness (QED) is 0.213. The van der Waals surface area contributed by atoms with Crippen LogP contribution in [0.15, 0.2) is 60.8 Å². The summed E-state index contributed by atoms with van der Waals surface area (Å²) in [4.78, 5) is 0. The predicted molar refractivity (Wildman–Crippen MR) is 120 cm³/mol. The third-order valence-electron chi connectivity index (χ3n) is 6.56. The van der Waals surface area contributed by atoms with E-state index in [1.807, 2.05) is 0 Å². The van der Waals surface area contributed by atoms with Gasteiger partial charge in [0, 0.05) is 17.0 Å². The van der Waals surface area contributed by atoms with Gasteiger partial charge in [0.25, 0.3) is 0 Å². The summed E-state index contributed by atoms with van der Waals surface area (Å²) in [6.07, 6.45) is 2.19. The number of hydrogen-bond acceptors (Lipinski definition) is 1. The van der Waals surface area contributed by atoms with Crippen molar-refractivity contribution in [2.45, 2.75) is 20.8 Å². The fraction of sp³-hybridized carbons (Fsp3) is 0.148. The maximum absolute atomic E-state index is 6.66. The van der Waals surface area contributed by atoms with E-state index in [2.05, 4.69) is 93.2 Å². The third kappa shape index (κ3) is 2.04. The van der Waals surface area contributed by atoms with E-state index < -0.39 is 0 Å². The number of fused-ring (bicyclic) bond motifs is 5. The molecule has 1 aromatic heterocycles. The zero-order valence-electron chi connectivity index (χ0n) is 17.1. The van der Waals surface area contributed by atoms with Gasteiger partial charge in [0.2, 0.25) is 5.69 Å². The molecular weight excluding hydrogens is 354 g/mol. The van der Waals surface area contributed by atoms with Crippen LogP contribution in [0.5, 0.6) is 11.5 Å². The second kappa shape index (κ2) is 5.57. The molecule has 0 saturated heterocycles. The van der Waals surface area contributed by atoms with Crippen molar-refractivity contribution >= 4 is 32.3 Å². The largest absolute Gasteiger partial charge is 0.455 e. The molecule has 2 nitrogen and oxygen atoms in total. The number of ether oxygens (including phenoxy) is 1. The van der Waals surface area contributed by atoms with E-state index in [-0.39, 0.29) is 0 Å². The Hall–Kier alpha value is -3.39. The first-order valence-corrected chi connectivity index (χ1v) is 10.1. The van der Waals surface area contributed by atoms with E-state index in [0.29, 0.717) is 0 Å². The number of pyridine rings is 1. The molecule has 0 spiro atoms. The molecule has 29 heavy (non-hydrogen) atoms. The first kappa shape index (κ1) is 16.6. The third-order valence-corrected chi connectivity index (χ3v) is 6.56. The fourth-order valence-corrected chi connectivity index (χ4v) is 5.15. The Morgan fingerprint density at radius 2 is 1.52 bits per heavy atom. The smallest absolute Gasteiger partial charge is 0.228 e. The average Bonchev–Trinajstić information content (AvgIpc) is 2.73. The van der Waals surface area contributed by atoms with Crippen LogP contribution in [0, 0.1) is 20.8 Å². The van der Waals surface area contributed by atoms with Crippen molar-refractivity contribution in [2.75, 3.05) is 0 Å². The minimum atomic E-state index is 0.953. The summed E-state index contributed by atoms with van der Waals surface area (Å²) >= 11 is 0. The topological polar surface area (TPSA) is 13.1 Å². The van der Waals surface area contributed by atoms with E-state index in [4.69, 9.17) is 4.74 Å². The number of benzene rings is 4. The summed E-state index contributed by atoms with van der Waals surface area (Å²) < 4.78 is 8.91. The van der Waals surface area contributed by atoms with Crippen molar-refractivity contribution in [2.24, 2.45) is 7.05 Å². The van der Waals surface area contributed by atoms with Crippen molar-refractivity contribution < 1.29 is 9.30 Å². The first-order valence-electron chi connectivity index (χ1n) is 10.1. The van der Waals surface area contributed by atoms with Crippen LogP contribution < -0.4 is 9.30 Å². The van der Waals surface area contributed by atoms with Gasteiger partial charge in [-0.25, -0.2) is 4.57 Å². The monoisotopic (exact) mass is 376 g/mol. The molecule has 4 aromatic carbocycles. The van der Waals surface area contributed by atoms with E-state index in [9.17, 15) is 0 Å². The van der Waals surface area contributed by atoms with Gasteiger partial charge >= 0.3 is 0 Å². The highest BCUT2D eigenvalue weighted by atomic mass is 16.5. The molecule has 140 valence electrons. The molecule has 0 unspecified atom stereocenters. The highest BCUT2D eigenvalue weighted by Gasteiger charge is 2.32. The molecule has 0 radical (unpaired) electrons. The second-order valence-corrected chi connectivity index (χ2v) is 8.21. The predicted octanol–water partition coefficient (Wildman–Crippen LogP) is 6.67. The molecule has 0 amide bonds. The van der Waals surface area contributed by atoms with Crippen molar-refractivity contribution in [1.82, 2.24) is 0 Å². The number of rotatable bonds is 0. The molecule has 1 aliphatic heterocycles. The Morgan fingerprint density at radius 3 is 2.31 bits per heavy atom. The van der Waals surface area contributed by atoms with Crippen molar-refractivity contribution in [3.05, 3.63) is 77.5 Å². The van der Waals surface area contributed by atoms with Gasteiger partial charge in [-0.3, -0.25) is 0 Å². The highest BCUT2D eigenvalue weighted by Crippen LogP contribution is 2.51. The second-order valence-electron chi connectivity index (χ2n) is 8.21. The van der Waals surface area contributed by atoms with Gasteiger partial charge in [-0.15, -0.1) is 0 Å². The molecule has 2 heteroatoms. The first-order chi connectivity index (χ1) is 14.1. The van der Waals surface area contributed by atoms with Gasteiger partial charge < -0.3 is 4.74 Å². The van der Waals surface area contributed by atoms with Crippen LogP contribution in [0.3, 0.4) is 0 Å². The Balaban J connectivity index is 1.88. The minimum Gasteiger partial charge on any atom is -0.455 e. The van der Waals surface area contributed by atoms with Gasteiger partial charge in [-0.1, -0.05) is 42.5 Å². The van der Waals surface area contributed by atoms with Crippen LogP contribution in [0.1, 0.15) is 16.7 Å². The van der Waals surface area contributed by atoms with E-state index in [0.717, 1.165) is 11.5 Å². The van der Waals surface area contributed by atoms with Gasteiger partial charge in [0.15, 0.2) is 6.20 Å². The summed E-state index contributed by atoms with van der Waals surface area (Å²) in [6.45, 7) is 6.59. The van der Waals surface area contributed by atoms with Crippen LogP contribution >= 0.6 is 0 Å². The molecule has 0 fully saturated rings. The number of aryl methyl sites for hydroxylation is 4. The van der Waals surface area contributed by atoms with Gasteiger partial charge in [0.05, 0.1) is 10.9 Å². The van der Waals surface area contributed by atoms with E-state index in [1.54, 1.807) is 0 Å². The van der Waals surface area contributed by atoms with Crippen LogP contribution in [0.25, 0.3) is 43.6 Å². The minimum absolute atomic E-state index is 0.953. The normalized spacial score (nSPS) is 12.4. The zero-order chi connectivity index (χ0) is 19.9. The molecule has 0 N–H and O–H groups in total. The molecule has 0 bridgehead atoms. The highest BCUT2D eigenvalue weighted by molar-refractivity contribution is 6.17. The van der Waals surface area contributed by atoms with Gasteiger partial charge in [-0.2, -0.15) is 0 Å². The Morgan fingerprint density at radius 1 is 0.759 bits per heavy atom. The lowest BCUT2D eigenvalue weighted by molar-refractivity contribution is -0.659. The molecule has 2 heterocycles. The molecule has 5 aromatic rings. The summed E-state index contributed by atoms with van der Waals surface area (Å²) in [5, 5.41) is 7.58. The van der Waals surface area contributed by atoms with Crippen molar-refractivity contribution in [3.8, 4) is 22.8 Å². The van der Waals surface area contributed by atoms with Gasteiger partial charge in [0.1, 0.15) is 18.5 Å². The molecule has 0 aliphatic carbocycles. The SMILES string of the molecule is Cc1c2c(c(C)c3ccccc13)-c1c3c(cc4cccc(C)c4c3cc[n+]1C)O2. The maximum atomic E-state index is 6.66. The molecular formula is C27H22NO+. The molecule has 6 rings (SSSR count). The van der Waals surface area contributed by atoms with E-state index in [1.165, 1.54) is 60.3 Å². The van der Waals surface area contributed by atoms with Crippen molar-refractivity contribution in [1.29, 1.82) is 0 Å². The lowest BCUT2D eigenvalue weighted by Crippen LogP contribution is -2.32. The molecule has 0 atom stereocenters. The molecule has 0 saturated carbocycles. The summed E-state index contributed by atoms with van der Waals surface area (Å²) in [5.74, 6) is 1.94. The van der Waals surface area contributed by atoms with Crippen LogP contribution in [-0.2, 0) is 7.05 Å². The lowest BCUT2D eigenvalue weighted by Gasteiger charge is -2.24. The zero-order valence-corrected chi connectivity index (χ0v) is 17.1. The summed E-state index contributed by atoms with van der Waals surface area (Å²) in [7, 11) is 2.14. The van der Waals surface area contributed by atoms with Crippen LogP contribution in [0.2, 0.25) is 0 Å². The van der Waals surface area contributed by atoms with Crippen LogP contribution in [-0.4, -0.2) is 0 Å². The Kier molecular flexibility index (Phi) is 3.18. The van der Waals surface area contributed by atoms with Gasteiger partial charge in [-0.05, 0) is 59.5 Å². The summed E-state index contributed by atoms with van der Waals surface area (Å²) in [5.41, 5.74) is 6.24. The Labute approximate surface area is 170 Å².